The van der Waals surface area contributed by atoms with Gasteiger partial charge in [-0.2, -0.15) is 4.98 Å². The summed E-state index contributed by atoms with van der Waals surface area (Å²) < 4.78 is 33.8. The van der Waals surface area contributed by atoms with Gasteiger partial charge in [0.2, 0.25) is 0 Å². The van der Waals surface area contributed by atoms with Gasteiger partial charge in [-0.15, -0.1) is 0 Å². The topological polar surface area (TPSA) is 122 Å². The third-order valence-corrected chi connectivity index (χ3v) is 11.0. The van der Waals surface area contributed by atoms with E-state index in [0.29, 0.717) is 17.7 Å². The number of fused-ring (bicyclic) bond motifs is 2. The van der Waals surface area contributed by atoms with Crippen LogP contribution >= 0.6 is 0 Å². The lowest BCUT2D eigenvalue weighted by Crippen LogP contribution is -2.52. The molecule has 0 radical (unpaired) electrons. The summed E-state index contributed by atoms with van der Waals surface area (Å²) in [4.78, 5) is 31.0. The Labute approximate surface area is 316 Å². The summed E-state index contributed by atoms with van der Waals surface area (Å²) in [5, 5.41) is 6.41. The molecule has 1 aromatic heterocycles. The van der Waals surface area contributed by atoms with Crippen LogP contribution in [0.4, 0.5) is 5.82 Å². The summed E-state index contributed by atoms with van der Waals surface area (Å²) in [7, 11) is 1.12. The molecule has 12 heteroatoms. The van der Waals surface area contributed by atoms with Crippen LogP contribution in [0.25, 0.3) is 0 Å². The van der Waals surface area contributed by atoms with Crippen molar-refractivity contribution in [3.05, 3.63) is 154 Å². The summed E-state index contributed by atoms with van der Waals surface area (Å²) in [6.07, 6.45) is 0.486. The number of ether oxygens (including phenoxy) is 4. The number of morpholine rings is 1. The second-order valence-electron chi connectivity index (χ2n) is 14.7. The highest BCUT2D eigenvalue weighted by Crippen LogP contribution is 2.48. The molecule has 4 aromatic carbocycles. The lowest BCUT2D eigenvalue weighted by Gasteiger charge is -2.41. The molecule has 2 fully saturated rings. The van der Waals surface area contributed by atoms with Gasteiger partial charge in [-0.3, -0.25) is 9.36 Å². The molecule has 280 valence electrons. The number of nitrogens with one attached hydrogen (secondary N) is 2. The van der Waals surface area contributed by atoms with Gasteiger partial charge in [-0.05, 0) is 79.7 Å². The summed E-state index contributed by atoms with van der Waals surface area (Å²) in [6, 6.07) is 34.3. The van der Waals surface area contributed by atoms with Gasteiger partial charge >= 0.3 is 5.69 Å². The van der Waals surface area contributed by atoms with Crippen LogP contribution in [0.1, 0.15) is 38.8 Å². The van der Waals surface area contributed by atoms with Gasteiger partial charge in [0.15, 0.2) is 14.5 Å². The highest BCUT2D eigenvalue weighted by atomic mass is 28.4. The summed E-state index contributed by atoms with van der Waals surface area (Å²) in [6.45, 7) is 8.77. The van der Waals surface area contributed by atoms with Gasteiger partial charge in [0.05, 0.1) is 33.0 Å². The van der Waals surface area contributed by atoms with E-state index >= 15 is 0 Å². The molecule has 11 nitrogen and oxygen atoms in total. The number of amides is 1. The first-order valence-electron chi connectivity index (χ1n) is 18.0. The molecule has 0 saturated carbocycles. The van der Waals surface area contributed by atoms with E-state index in [0.717, 1.165) is 28.2 Å². The summed E-state index contributed by atoms with van der Waals surface area (Å²) >= 11 is 0. The largest absolute Gasteiger partial charge is 0.497 e. The van der Waals surface area contributed by atoms with E-state index in [1.165, 1.54) is 4.57 Å². The molecule has 7 rings (SSSR count). The smallest absolute Gasteiger partial charge is 0.351 e. The van der Waals surface area contributed by atoms with Crippen molar-refractivity contribution in [2.45, 2.75) is 56.1 Å². The van der Waals surface area contributed by atoms with Gasteiger partial charge in [0.25, 0.3) is 5.91 Å². The molecular weight excluding hydrogens is 701 g/mol. The number of nitrogens with zero attached hydrogens (tertiary/aromatic N) is 2. The quantitative estimate of drug-likeness (QED) is 0.106. The number of aryl methyl sites for hydroxylation is 1. The Hall–Kier alpha value is -5.11. The van der Waals surface area contributed by atoms with Crippen LogP contribution < -0.4 is 25.8 Å². The number of rotatable bonds is 13. The third-order valence-electron chi connectivity index (χ3n) is 10.0. The zero-order chi connectivity index (χ0) is 38.1. The van der Waals surface area contributed by atoms with E-state index in [9.17, 15) is 9.59 Å². The fraction of sp³-hybridized carbons (Fsp3) is 0.310. The molecule has 2 aliphatic rings. The molecule has 1 amide bonds. The van der Waals surface area contributed by atoms with E-state index in [4.69, 9.17) is 23.4 Å². The second kappa shape index (κ2) is 15.0. The minimum absolute atomic E-state index is 0.113. The van der Waals surface area contributed by atoms with E-state index in [1.54, 1.807) is 51.6 Å². The van der Waals surface area contributed by atoms with Crippen LogP contribution in [-0.4, -0.2) is 68.9 Å². The maximum absolute atomic E-state index is 13.8. The normalized spacial score (nSPS) is 20.8. The summed E-state index contributed by atoms with van der Waals surface area (Å²) in [5.41, 5.74) is 1.14. The highest BCUT2D eigenvalue weighted by Gasteiger charge is 2.63. The number of methoxy groups -OCH3 is 2. The van der Waals surface area contributed by atoms with E-state index in [2.05, 4.69) is 47.4 Å². The zero-order valence-corrected chi connectivity index (χ0v) is 32.4. The van der Waals surface area contributed by atoms with Crippen LogP contribution in [0.5, 0.6) is 11.5 Å². The zero-order valence-electron chi connectivity index (χ0n) is 31.4. The van der Waals surface area contributed by atoms with E-state index in [1.807, 2.05) is 72.8 Å². The van der Waals surface area contributed by atoms with Gasteiger partial charge in [-0.25, -0.2) is 4.79 Å². The van der Waals surface area contributed by atoms with Gasteiger partial charge in [-0.1, -0.05) is 72.8 Å². The van der Waals surface area contributed by atoms with Crippen molar-refractivity contribution in [1.82, 2.24) is 14.9 Å². The first-order chi connectivity index (χ1) is 26.0. The molecule has 3 heterocycles. The van der Waals surface area contributed by atoms with Crippen molar-refractivity contribution < 1.29 is 28.2 Å². The highest BCUT2D eigenvalue weighted by molar-refractivity contribution is 6.69. The van der Waals surface area contributed by atoms with Crippen LogP contribution in [0.3, 0.4) is 0 Å². The average Bonchev–Trinajstić information content (AvgIpc) is 3.67. The molecule has 2 bridgehead atoms. The molecule has 54 heavy (non-hydrogen) atoms. The van der Waals surface area contributed by atoms with Gasteiger partial charge in [0, 0.05) is 23.9 Å². The Morgan fingerprint density at radius 1 is 0.889 bits per heavy atom. The molecular formula is C42H46N4O7Si. The maximum Gasteiger partial charge on any atom is 0.351 e. The monoisotopic (exact) mass is 746 g/mol. The Morgan fingerprint density at radius 2 is 1.44 bits per heavy atom. The molecule has 2 N–H and O–H groups in total. The Balaban J connectivity index is 1.28. The number of anilines is 1. The van der Waals surface area contributed by atoms with Crippen molar-refractivity contribution in [2.75, 3.05) is 32.7 Å². The van der Waals surface area contributed by atoms with Gasteiger partial charge in [0.1, 0.15) is 28.5 Å². The van der Waals surface area contributed by atoms with Crippen LogP contribution in [0, 0.1) is 6.92 Å². The maximum atomic E-state index is 13.8. The fourth-order valence-electron chi connectivity index (χ4n) is 7.41. The lowest BCUT2D eigenvalue weighted by molar-refractivity contribution is -0.160. The van der Waals surface area contributed by atoms with E-state index in [-0.39, 0.29) is 24.4 Å². The minimum Gasteiger partial charge on any atom is -0.497 e. The van der Waals surface area contributed by atoms with Gasteiger partial charge < -0.3 is 34.0 Å². The van der Waals surface area contributed by atoms with Crippen molar-refractivity contribution in [1.29, 1.82) is 0 Å². The number of benzene rings is 4. The van der Waals surface area contributed by atoms with Crippen molar-refractivity contribution in [2.24, 2.45) is 0 Å². The molecule has 0 spiro atoms. The molecule has 2 aliphatic heterocycles. The first-order valence-corrected chi connectivity index (χ1v) is 21.4. The average molecular weight is 747 g/mol. The third kappa shape index (κ3) is 7.10. The number of carbonyl (C=O) groups excluding carboxylic acids is 1. The molecule has 4 atom stereocenters. The van der Waals surface area contributed by atoms with E-state index < -0.39 is 37.5 Å². The Bertz CT molecular complexity index is 2090. The number of aromatic nitrogens is 2. The first kappa shape index (κ1) is 37.2. The van der Waals surface area contributed by atoms with Crippen molar-refractivity contribution in [3.8, 4) is 11.5 Å². The molecule has 0 unspecified atom stereocenters. The molecule has 5 aromatic rings. The number of hydrogen-bond acceptors (Lipinski definition) is 9. The Kier molecular flexibility index (Phi) is 10.3. The van der Waals surface area contributed by atoms with Crippen molar-refractivity contribution in [3.63, 3.8) is 0 Å². The van der Waals surface area contributed by atoms with Crippen LogP contribution in [-0.2, 0) is 19.5 Å². The number of carbonyl (C=O) groups is 1. The fourth-order valence-corrected chi connectivity index (χ4v) is 8.53. The SMILES string of the molecule is COc1ccc(C(OC[C@@]23CN[C@@H]([C@H](n4cc(C)c(NC(=O)c5ccccc5)nc4=O)O2)[C@@H]3O[Si](C)(C)C)(c2ccccc2)c2ccc(OC)cc2)cc1. The van der Waals surface area contributed by atoms with Crippen LogP contribution in [0.2, 0.25) is 19.6 Å². The lowest BCUT2D eigenvalue weighted by atomic mass is 9.79. The minimum atomic E-state index is -2.17. The van der Waals surface area contributed by atoms with Crippen molar-refractivity contribution >= 4 is 20.0 Å². The van der Waals surface area contributed by atoms with Crippen LogP contribution in [0.15, 0.2) is 120 Å². The standard InChI is InChI=1S/C42H46N4O7Si/c1-28-25-46(40(48)45-37(28)44-38(47)29-13-9-7-10-14-29)39-35-36(53-54(4,5)6)41(52-39,26-43-35)27-51-42(30-15-11-8-12-16-30,31-17-21-33(49-2)22-18-31)32-19-23-34(50-3)24-20-32/h7-25,35-36,39,43H,26-27H2,1-6H3,(H,44,45,47,48)/t35-,36+,39-,41-/m1/s1. The predicted octanol–water partition coefficient (Wildman–Crippen LogP) is 6.29. The molecule has 2 saturated heterocycles. The summed E-state index contributed by atoms with van der Waals surface area (Å²) in [5.74, 6) is 1.29. The molecule has 0 aliphatic carbocycles. The predicted molar refractivity (Wildman–Crippen MR) is 209 cm³/mol. The number of hydrogen-bond donors (Lipinski definition) is 2. The second-order valence-corrected chi connectivity index (χ2v) is 19.2. The Morgan fingerprint density at radius 3 is 2.00 bits per heavy atom.